The van der Waals surface area contributed by atoms with E-state index in [1.807, 2.05) is 44.2 Å². The van der Waals surface area contributed by atoms with Gasteiger partial charge in [0.1, 0.15) is 18.7 Å². The van der Waals surface area contributed by atoms with Crippen molar-refractivity contribution in [2.45, 2.75) is 46.8 Å². The van der Waals surface area contributed by atoms with Crippen molar-refractivity contribution >= 4 is 11.7 Å². The zero-order chi connectivity index (χ0) is 22.5. The molecule has 2 heterocycles. The van der Waals surface area contributed by atoms with Crippen molar-refractivity contribution in [3.05, 3.63) is 88.5 Å². The van der Waals surface area contributed by atoms with E-state index in [1.54, 1.807) is 4.52 Å². The molecule has 32 heavy (non-hydrogen) atoms. The van der Waals surface area contributed by atoms with E-state index in [1.165, 1.54) is 11.9 Å². The van der Waals surface area contributed by atoms with Crippen LogP contribution in [0.4, 0.5) is 0 Å². The average molecular weight is 430 g/mol. The molecule has 0 bridgehead atoms. The normalized spacial score (nSPS) is 11.0. The quantitative estimate of drug-likeness (QED) is 0.460. The second-order valence-electron chi connectivity index (χ2n) is 7.93. The summed E-state index contributed by atoms with van der Waals surface area (Å²) in [5.74, 6) is 1.39. The van der Waals surface area contributed by atoms with Gasteiger partial charge in [0, 0.05) is 24.4 Å². The molecule has 7 nitrogen and oxygen atoms in total. The lowest BCUT2D eigenvalue weighted by atomic mass is 10.1. The summed E-state index contributed by atoms with van der Waals surface area (Å²) in [7, 11) is 0. The Balaban J connectivity index is 1.26. The number of benzene rings is 2. The van der Waals surface area contributed by atoms with E-state index in [0.29, 0.717) is 31.8 Å². The summed E-state index contributed by atoms with van der Waals surface area (Å²) in [6, 6.07) is 16.1. The number of fused-ring (bicyclic) bond motifs is 1. The molecule has 0 radical (unpaired) electrons. The largest absolute Gasteiger partial charge is 0.489 e. The number of aromatic nitrogens is 4. The van der Waals surface area contributed by atoms with Crippen LogP contribution >= 0.6 is 0 Å². The van der Waals surface area contributed by atoms with Crippen LogP contribution in [0.1, 0.15) is 40.1 Å². The van der Waals surface area contributed by atoms with Crippen LogP contribution in [0.2, 0.25) is 0 Å². The molecule has 0 aliphatic rings. The molecule has 0 fully saturated rings. The highest BCUT2D eigenvalue weighted by Crippen LogP contribution is 2.16. The first-order chi connectivity index (χ1) is 15.5. The van der Waals surface area contributed by atoms with Crippen LogP contribution in [0, 0.1) is 20.8 Å². The average Bonchev–Trinajstić information content (AvgIpc) is 3.25. The number of hydrogen-bond acceptors (Lipinski definition) is 5. The highest BCUT2D eigenvalue weighted by molar-refractivity contribution is 5.76. The summed E-state index contributed by atoms with van der Waals surface area (Å²) in [5, 5.41) is 7.19. The lowest BCUT2D eigenvalue weighted by molar-refractivity contribution is -0.121. The van der Waals surface area contributed by atoms with Crippen LogP contribution in [-0.2, 0) is 24.4 Å². The SMILES string of the molecule is Cc1cccc(COc2ccc(CNC(=O)CCc3c(C)nc4ncnn4c3C)cc2)c1. The maximum Gasteiger partial charge on any atom is 0.252 e. The number of hydrogen-bond donors (Lipinski definition) is 1. The van der Waals surface area contributed by atoms with Gasteiger partial charge in [-0.1, -0.05) is 42.0 Å². The van der Waals surface area contributed by atoms with Crippen LogP contribution in [0.15, 0.2) is 54.9 Å². The number of carbonyl (C=O) groups excluding carboxylic acids is 1. The van der Waals surface area contributed by atoms with E-state index < -0.39 is 0 Å². The van der Waals surface area contributed by atoms with Gasteiger partial charge >= 0.3 is 0 Å². The number of nitrogens with zero attached hydrogens (tertiary/aromatic N) is 4. The van der Waals surface area contributed by atoms with Crippen molar-refractivity contribution < 1.29 is 9.53 Å². The summed E-state index contributed by atoms with van der Waals surface area (Å²) >= 11 is 0. The third kappa shape index (κ3) is 5.11. The highest BCUT2D eigenvalue weighted by Gasteiger charge is 2.12. The van der Waals surface area contributed by atoms with E-state index in [-0.39, 0.29) is 5.91 Å². The third-order valence-corrected chi connectivity index (χ3v) is 5.49. The lowest BCUT2D eigenvalue weighted by Crippen LogP contribution is -2.23. The van der Waals surface area contributed by atoms with Gasteiger partial charge in [0.15, 0.2) is 0 Å². The molecular weight excluding hydrogens is 402 g/mol. The first-order valence-corrected chi connectivity index (χ1v) is 10.7. The summed E-state index contributed by atoms with van der Waals surface area (Å²) in [6.07, 6.45) is 2.49. The van der Waals surface area contributed by atoms with E-state index in [9.17, 15) is 4.79 Å². The van der Waals surface area contributed by atoms with Crippen LogP contribution in [0.5, 0.6) is 5.75 Å². The summed E-state index contributed by atoms with van der Waals surface area (Å²) in [4.78, 5) is 21.0. The molecule has 0 atom stereocenters. The Morgan fingerprint density at radius 3 is 2.66 bits per heavy atom. The van der Waals surface area contributed by atoms with Crippen LogP contribution in [-0.4, -0.2) is 25.5 Å². The molecule has 0 unspecified atom stereocenters. The maximum absolute atomic E-state index is 12.4. The van der Waals surface area contributed by atoms with Gasteiger partial charge in [-0.05, 0) is 56.0 Å². The third-order valence-electron chi connectivity index (χ3n) is 5.49. The fourth-order valence-electron chi connectivity index (χ4n) is 3.72. The van der Waals surface area contributed by atoms with Crippen LogP contribution in [0.3, 0.4) is 0 Å². The summed E-state index contributed by atoms with van der Waals surface area (Å²) in [5.41, 5.74) is 6.28. The number of aryl methyl sites for hydroxylation is 3. The molecule has 2 aromatic heterocycles. The minimum absolute atomic E-state index is 0.00209. The smallest absolute Gasteiger partial charge is 0.252 e. The van der Waals surface area contributed by atoms with Gasteiger partial charge in [0.25, 0.3) is 5.78 Å². The Morgan fingerprint density at radius 1 is 1.06 bits per heavy atom. The predicted octanol–water partition coefficient (Wildman–Crippen LogP) is 3.88. The standard InChI is InChI=1S/C25H27N5O2/c1-17-5-4-6-21(13-17)15-32-22-9-7-20(8-10-22)14-26-24(31)12-11-23-18(2)29-25-27-16-28-30(25)19(23)3/h4-10,13,16H,11-12,14-15H2,1-3H3,(H,26,31). The van der Waals surface area contributed by atoms with Crippen molar-refractivity contribution in [3.8, 4) is 5.75 Å². The zero-order valence-corrected chi connectivity index (χ0v) is 18.6. The van der Waals surface area contributed by atoms with Crippen LogP contribution in [0.25, 0.3) is 5.78 Å². The second kappa shape index (κ2) is 9.60. The number of ether oxygens (including phenoxy) is 1. The molecule has 0 aliphatic carbocycles. The zero-order valence-electron chi connectivity index (χ0n) is 18.6. The van der Waals surface area contributed by atoms with Crippen LogP contribution < -0.4 is 10.1 Å². The molecule has 4 rings (SSSR count). The van der Waals surface area contributed by atoms with E-state index in [2.05, 4.69) is 45.5 Å². The molecule has 0 saturated heterocycles. The monoisotopic (exact) mass is 429 g/mol. The molecule has 1 amide bonds. The van der Waals surface area contributed by atoms with E-state index in [4.69, 9.17) is 4.74 Å². The number of nitrogens with one attached hydrogen (secondary N) is 1. The number of carbonyl (C=O) groups is 1. The predicted molar refractivity (Wildman–Crippen MR) is 122 cm³/mol. The van der Waals surface area contributed by atoms with E-state index in [0.717, 1.165) is 33.8 Å². The second-order valence-corrected chi connectivity index (χ2v) is 7.93. The fourth-order valence-corrected chi connectivity index (χ4v) is 3.72. The Kier molecular flexibility index (Phi) is 6.44. The Hall–Kier alpha value is -3.74. The molecule has 164 valence electrons. The molecule has 0 saturated carbocycles. The number of rotatable bonds is 8. The molecule has 1 N–H and O–H groups in total. The highest BCUT2D eigenvalue weighted by atomic mass is 16.5. The van der Waals surface area contributed by atoms with Gasteiger partial charge in [0.05, 0.1) is 0 Å². The first kappa shape index (κ1) is 21.5. The lowest BCUT2D eigenvalue weighted by Gasteiger charge is -2.11. The molecule has 0 spiro atoms. The minimum Gasteiger partial charge on any atom is -0.489 e. The Labute approximate surface area is 187 Å². The number of amides is 1. The first-order valence-electron chi connectivity index (χ1n) is 10.7. The van der Waals surface area contributed by atoms with Crippen molar-refractivity contribution in [2.24, 2.45) is 0 Å². The van der Waals surface area contributed by atoms with Gasteiger partial charge in [-0.2, -0.15) is 10.1 Å². The van der Waals surface area contributed by atoms with Gasteiger partial charge in [0.2, 0.25) is 5.91 Å². The van der Waals surface area contributed by atoms with Gasteiger partial charge in [-0.15, -0.1) is 0 Å². The van der Waals surface area contributed by atoms with Gasteiger partial charge in [-0.3, -0.25) is 4.79 Å². The van der Waals surface area contributed by atoms with Gasteiger partial charge in [-0.25, -0.2) is 9.50 Å². The van der Waals surface area contributed by atoms with Crippen molar-refractivity contribution in [1.82, 2.24) is 24.9 Å². The van der Waals surface area contributed by atoms with Crippen molar-refractivity contribution in [1.29, 1.82) is 0 Å². The summed E-state index contributed by atoms with van der Waals surface area (Å²) in [6.45, 7) is 7.01. The molecule has 4 aromatic rings. The molecule has 2 aromatic carbocycles. The van der Waals surface area contributed by atoms with E-state index >= 15 is 0 Å². The van der Waals surface area contributed by atoms with Crippen molar-refractivity contribution in [2.75, 3.05) is 0 Å². The Bertz CT molecular complexity index is 1230. The molecule has 7 heteroatoms. The van der Waals surface area contributed by atoms with Crippen molar-refractivity contribution in [3.63, 3.8) is 0 Å². The van der Waals surface area contributed by atoms with Gasteiger partial charge < -0.3 is 10.1 Å². The topological polar surface area (TPSA) is 81.4 Å². The fraction of sp³-hybridized carbons (Fsp3) is 0.280. The summed E-state index contributed by atoms with van der Waals surface area (Å²) < 4.78 is 7.57. The Morgan fingerprint density at radius 2 is 1.88 bits per heavy atom. The molecular formula is C25H27N5O2. The molecule has 0 aliphatic heterocycles. The minimum atomic E-state index is 0.00209. The maximum atomic E-state index is 12.4.